The molecule has 3 amide bonds. The molecule has 1 atom stereocenters. The molecular formula is C21H31N3O6S. The van der Waals surface area contributed by atoms with Gasteiger partial charge in [-0.1, -0.05) is 17.7 Å². The fourth-order valence-electron chi connectivity index (χ4n) is 3.35. The molecule has 1 heterocycles. The topological polar surface area (TPSA) is 122 Å². The van der Waals surface area contributed by atoms with Crippen molar-refractivity contribution >= 4 is 27.7 Å². The number of carbonyl (C=O) groups is 3. The minimum atomic E-state index is -3.30. The summed E-state index contributed by atoms with van der Waals surface area (Å²) in [6, 6.07) is 5.78. The predicted octanol–water partition coefficient (Wildman–Crippen LogP) is 1.27. The summed E-state index contributed by atoms with van der Waals surface area (Å²) < 4.78 is 28.2. The summed E-state index contributed by atoms with van der Waals surface area (Å²) in [6.07, 6.45) is 1.80. The van der Waals surface area contributed by atoms with E-state index in [1.54, 1.807) is 30.0 Å². The van der Waals surface area contributed by atoms with Crippen LogP contribution in [0.4, 0.5) is 4.79 Å². The van der Waals surface area contributed by atoms with Gasteiger partial charge in [0.2, 0.25) is 5.91 Å². The first-order chi connectivity index (χ1) is 14.6. The number of likely N-dealkylation sites (tertiary alicyclic amines) is 1. The highest BCUT2D eigenvalue weighted by Crippen LogP contribution is 2.12. The van der Waals surface area contributed by atoms with Crippen molar-refractivity contribution < 1.29 is 27.5 Å². The Bertz CT molecular complexity index is 894. The molecule has 172 valence electrons. The van der Waals surface area contributed by atoms with Gasteiger partial charge in [0.25, 0.3) is 5.91 Å². The lowest BCUT2D eigenvalue weighted by Crippen LogP contribution is -2.53. The number of hydrogen-bond donors (Lipinski definition) is 2. The Morgan fingerprint density at radius 3 is 2.48 bits per heavy atom. The second kappa shape index (κ2) is 11.1. The Kier molecular flexibility index (Phi) is 8.85. The van der Waals surface area contributed by atoms with Crippen LogP contribution < -0.4 is 10.6 Å². The maximum absolute atomic E-state index is 12.9. The van der Waals surface area contributed by atoms with Crippen LogP contribution in [0, 0.1) is 6.92 Å². The summed E-state index contributed by atoms with van der Waals surface area (Å²) in [5.74, 6) is -1.09. The molecule has 0 bridgehead atoms. The number of nitrogens with zero attached hydrogens (tertiary/aromatic N) is 1. The molecule has 1 fully saturated rings. The summed E-state index contributed by atoms with van der Waals surface area (Å²) in [7, 11) is -3.30. The van der Waals surface area contributed by atoms with Crippen LogP contribution in [0.1, 0.15) is 42.1 Å². The zero-order valence-electron chi connectivity index (χ0n) is 18.2. The predicted molar refractivity (Wildman–Crippen MR) is 117 cm³/mol. The molecular weight excluding hydrogens is 422 g/mol. The van der Waals surface area contributed by atoms with Crippen LogP contribution in [0.3, 0.4) is 0 Å². The van der Waals surface area contributed by atoms with Gasteiger partial charge in [-0.2, -0.15) is 0 Å². The third kappa shape index (κ3) is 8.20. The Morgan fingerprint density at radius 2 is 1.90 bits per heavy atom. The molecule has 2 N–H and O–H groups in total. The van der Waals surface area contributed by atoms with Gasteiger partial charge in [-0.15, -0.1) is 0 Å². The van der Waals surface area contributed by atoms with Gasteiger partial charge in [0.1, 0.15) is 15.9 Å². The summed E-state index contributed by atoms with van der Waals surface area (Å²) in [5.41, 5.74) is 1.30. The molecule has 1 aromatic rings. The smallest absolute Gasteiger partial charge is 0.409 e. The van der Waals surface area contributed by atoms with E-state index in [1.807, 2.05) is 13.0 Å². The second-order valence-electron chi connectivity index (χ2n) is 7.78. The van der Waals surface area contributed by atoms with E-state index in [1.165, 1.54) is 0 Å². The number of nitrogens with one attached hydrogen (secondary N) is 2. The average Bonchev–Trinajstić information content (AvgIpc) is 2.70. The maximum Gasteiger partial charge on any atom is 0.409 e. The van der Waals surface area contributed by atoms with E-state index >= 15 is 0 Å². The molecule has 1 aliphatic heterocycles. The van der Waals surface area contributed by atoms with E-state index in [-0.39, 0.29) is 24.3 Å². The summed E-state index contributed by atoms with van der Waals surface area (Å²) >= 11 is 0. The van der Waals surface area contributed by atoms with Crippen LogP contribution in [0.2, 0.25) is 0 Å². The van der Waals surface area contributed by atoms with Crippen molar-refractivity contribution in [1.82, 2.24) is 15.5 Å². The van der Waals surface area contributed by atoms with Crippen LogP contribution in [0.15, 0.2) is 24.3 Å². The summed E-state index contributed by atoms with van der Waals surface area (Å²) in [4.78, 5) is 38.9. The zero-order chi connectivity index (χ0) is 23.0. The lowest BCUT2D eigenvalue weighted by Gasteiger charge is -2.32. The minimum Gasteiger partial charge on any atom is -0.450 e. The van der Waals surface area contributed by atoms with Gasteiger partial charge >= 0.3 is 6.09 Å². The van der Waals surface area contributed by atoms with Gasteiger partial charge in [0.15, 0.2) is 0 Å². The fourth-order valence-corrected chi connectivity index (χ4v) is 4.02. The van der Waals surface area contributed by atoms with E-state index in [2.05, 4.69) is 10.6 Å². The molecule has 1 aliphatic rings. The Labute approximate surface area is 183 Å². The highest BCUT2D eigenvalue weighted by Gasteiger charge is 2.28. The quantitative estimate of drug-likeness (QED) is 0.611. The normalized spacial score (nSPS) is 15.8. The SMILES string of the molecule is CCOC(=O)N1CCC(NC(=O)C(CCS(C)(=O)=O)NC(=O)c2cccc(C)c2)CC1. The number of aryl methyl sites for hydroxylation is 1. The number of amides is 3. The molecule has 1 aromatic carbocycles. The van der Waals surface area contributed by atoms with Crippen LogP contribution in [-0.2, 0) is 19.4 Å². The van der Waals surface area contributed by atoms with Crippen molar-refractivity contribution in [1.29, 1.82) is 0 Å². The first-order valence-corrected chi connectivity index (χ1v) is 12.4. The number of piperidine rings is 1. The van der Waals surface area contributed by atoms with E-state index in [4.69, 9.17) is 4.74 Å². The number of benzene rings is 1. The third-order valence-electron chi connectivity index (χ3n) is 5.05. The van der Waals surface area contributed by atoms with Crippen molar-refractivity contribution in [2.75, 3.05) is 31.7 Å². The summed E-state index contributed by atoms with van der Waals surface area (Å²) in [5, 5.41) is 5.55. The molecule has 1 unspecified atom stereocenters. The van der Waals surface area contributed by atoms with Gasteiger partial charge in [-0.05, 0) is 45.2 Å². The van der Waals surface area contributed by atoms with Crippen LogP contribution in [-0.4, -0.2) is 75.0 Å². The molecule has 10 heteroatoms. The zero-order valence-corrected chi connectivity index (χ0v) is 19.0. The van der Waals surface area contributed by atoms with Gasteiger partial charge in [-0.25, -0.2) is 13.2 Å². The number of carbonyl (C=O) groups excluding carboxylic acids is 3. The highest BCUT2D eigenvalue weighted by molar-refractivity contribution is 7.90. The Balaban J connectivity index is 2.00. The Hall–Kier alpha value is -2.62. The van der Waals surface area contributed by atoms with E-state index in [0.717, 1.165) is 11.8 Å². The van der Waals surface area contributed by atoms with E-state index in [0.29, 0.717) is 38.1 Å². The maximum atomic E-state index is 12.9. The molecule has 2 rings (SSSR count). The number of sulfone groups is 1. The molecule has 1 saturated heterocycles. The minimum absolute atomic E-state index is 0.0239. The molecule has 9 nitrogen and oxygen atoms in total. The van der Waals surface area contributed by atoms with Crippen LogP contribution in [0.25, 0.3) is 0 Å². The molecule has 0 saturated carbocycles. The lowest BCUT2D eigenvalue weighted by molar-refractivity contribution is -0.124. The number of hydrogen-bond acceptors (Lipinski definition) is 6. The van der Waals surface area contributed by atoms with Crippen molar-refractivity contribution in [3.8, 4) is 0 Å². The lowest BCUT2D eigenvalue weighted by atomic mass is 10.0. The molecule has 0 spiro atoms. The number of ether oxygens (including phenoxy) is 1. The monoisotopic (exact) mass is 453 g/mol. The fraction of sp³-hybridized carbons (Fsp3) is 0.571. The van der Waals surface area contributed by atoms with Gasteiger partial charge < -0.3 is 20.3 Å². The highest BCUT2D eigenvalue weighted by atomic mass is 32.2. The Morgan fingerprint density at radius 1 is 1.23 bits per heavy atom. The summed E-state index contributed by atoms with van der Waals surface area (Å²) in [6.45, 7) is 4.80. The average molecular weight is 454 g/mol. The van der Waals surface area contributed by atoms with Crippen molar-refractivity contribution in [2.24, 2.45) is 0 Å². The van der Waals surface area contributed by atoms with Gasteiger partial charge in [0, 0.05) is 31.0 Å². The van der Waals surface area contributed by atoms with Crippen molar-refractivity contribution in [3.63, 3.8) is 0 Å². The molecule has 31 heavy (non-hydrogen) atoms. The number of rotatable bonds is 8. The first kappa shape index (κ1) is 24.6. The van der Waals surface area contributed by atoms with Gasteiger partial charge in [0.05, 0.1) is 12.4 Å². The van der Waals surface area contributed by atoms with Crippen molar-refractivity contribution in [3.05, 3.63) is 35.4 Å². The second-order valence-corrected chi connectivity index (χ2v) is 10.0. The largest absolute Gasteiger partial charge is 0.450 e. The van der Waals surface area contributed by atoms with E-state index in [9.17, 15) is 22.8 Å². The standard InChI is InChI=1S/C21H31N3O6S/c1-4-30-21(27)24-11-8-17(9-12-24)22-20(26)18(10-13-31(3,28)29)23-19(25)16-7-5-6-15(2)14-16/h5-7,14,17-18H,4,8-13H2,1-3H3,(H,22,26)(H,23,25). The van der Waals surface area contributed by atoms with Crippen LogP contribution >= 0.6 is 0 Å². The molecule has 0 aliphatic carbocycles. The third-order valence-corrected chi connectivity index (χ3v) is 6.02. The first-order valence-electron chi connectivity index (χ1n) is 10.4. The van der Waals surface area contributed by atoms with E-state index < -0.39 is 27.7 Å². The molecule has 0 radical (unpaired) electrons. The van der Waals surface area contributed by atoms with Gasteiger partial charge in [-0.3, -0.25) is 9.59 Å². The molecule has 0 aromatic heterocycles. The van der Waals surface area contributed by atoms with Crippen molar-refractivity contribution in [2.45, 2.75) is 45.2 Å². The van der Waals surface area contributed by atoms with Crippen LogP contribution in [0.5, 0.6) is 0 Å².